The molecule has 8 nitrogen and oxygen atoms in total. The average Bonchev–Trinajstić information content (AvgIpc) is 2.94. The highest BCUT2D eigenvalue weighted by Gasteiger charge is 2.28. The monoisotopic (exact) mass is 424 g/mol. The van der Waals surface area contributed by atoms with Crippen molar-refractivity contribution in [2.45, 2.75) is 39.9 Å². The quantitative estimate of drug-likeness (QED) is 0.506. The zero-order chi connectivity index (χ0) is 21.6. The Bertz CT molecular complexity index is 765. The van der Waals surface area contributed by atoms with Crippen molar-refractivity contribution in [3.63, 3.8) is 0 Å². The van der Waals surface area contributed by atoms with E-state index in [1.165, 1.54) is 6.08 Å². The van der Waals surface area contributed by atoms with Gasteiger partial charge in [-0.3, -0.25) is 9.69 Å². The molecule has 1 aromatic rings. The molecule has 1 amide bonds. The molecule has 1 aromatic heterocycles. The number of ether oxygens (including phenoxy) is 3. The Labute approximate surface area is 174 Å². The third kappa shape index (κ3) is 6.12. The Morgan fingerprint density at radius 2 is 1.90 bits per heavy atom. The van der Waals surface area contributed by atoms with Crippen molar-refractivity contribution >= 4 is 34.2 Å². The Hall–Kier alpha value is -2.23. The molecule has 2 rings (SSSR count). The minimum atomic E-state index is -0.590. The number of hydrogen-bond acceptors (Lipinski definition) is 8. The van der Waals surface area contributed by atoms with Crippen LogP contribution < -0.4 is 5.32 Å². The van der Waals surface area contributed by atoms with Gasteiger partial charge in [0.25, 0.3) is 0 Å². The van der Waals surface area contributed by atoms with Crippen molar-refractivity contribution < 1.29 is 28.6 Å². The molecule has 29 heavy (non-hydrogen) atoms. The minimum Gasteiger partial charge on any atom is -0.462 e. The van der Waals surface area contributed by atoms with E-state index >= 15 is 0 Å². The molecule has 1 saturated heterocycles. The number of carbonyl (C=O) groups excluding carboxylic acids is 3. The topological polar surface area (TPSA) is 94.2 Å². The fourth-order valence-corrected chi connectivity index (χ4v) is 4.33. The molecular weight excluding hydrogens is 396 g/mol. The molecule has 9 heteroatoms. The zero-order valence-electron chi connectivity index (χ0n) is 17.3. The minimum absolute atomic E-state index is 0.0388. The molecule has 0 unspecified atom stereocenters. The third-order valence-electron chi connectivity index (χ3n) is 4.26. The Kier molecular flexibility index (Phi) is 8.36. The van der Waals surface area contributed by atoms with Gasteiger partial charge in [-0.2, -0.15) is 0 Å². The summed E-state index contributed by atoms with van der Waals surface area (Å²) in [6.07, 6.45) is 1.54. The largest absolute Gasteiger partial charge is 0.462 e. The van der Waals surface area contributed by atoms with Crippen LogP contribution in [0.3, 0.4) is 0 Å². The van der Waals surface area contributed by atoms with Crippen molar-refractivity contribution in [2.75, 3.05) is 38.2 Å². The highest BCUT2D eigenvalue weighted by molar-refractivity contribution is 7.18. The summed E-state index contributed by atoms with van der Waals surface area (Å²) in [4.78, 5) is 39.6. The number of anilines is 1. The SMILES string of the molecule is C=CCOC(=O)c1sc(NC(=O)CN2C[C@@H](C)O[C@H](C)C2)c(C(=O)OCC)c1C. The summed E-state index contributed by atoms with van der Waals surface area (Å²) in [6.45, 7) is 12.4. The number of carbonyl (C=O) groups is 3. The van der Waals surface area contributed by atoms with Crippen LogP contribution >= 0.6 is 11.3 Å². The second kappa shape index (κ2) is 10.5. The number of thiophene rings is 1. The van der Waals surface area contributed by atoms with Gasteiger partial charge in [0.15, 0.2) is 0 Å². The summed E-state index contributed by atoms with van der Waals surface area (Å²) in [6, 6.07) is 0. The maximum absolute atomic E-state index is 12.6. The van der Waals surface area contributed by atoms with Gasteiger partial charge in [-0.1, -0.05) is 12.7 Å². The van der Waals surface area contributed by atoms with Crippen LogP contribution in [0, 0.1) is 6.92 Å². The number of nitrogens with zero attached hydrogens (tertiary/aromatic N) is 1. The van der Waals surface area contributed by atoms with Crippen LogP contribution in [0.25, 0.3) is 0 Å². The van der Waals surface area contributed by atoms with E-state index in [9.17, 15) is 14.4 Å². The molecule has 0 aliphatic carbocycles. The summed E-state index contributed by atoms with van der Waals surface area (Å²) >= 11 is 1.01. The molecule has 0 radical (unpaired) electrons. The molecule has 160 valence electrons. The van der Waals surface area contributed by atoms with Crippen molar-refractivity contribution in [3.05, 3.63) is 28.7 Å². The molecule has 0 bridgehead atoms. The Balaban J connectivity index is 2.20. The first-order valence-corrected chi connectivity index (χ1v) is 10.3. The first-order chi connectivity index (χ1) is 13.8. The number of hydrogen-bond donors (Lipinski definition) is 1. The van der Waals surface area contributed by atoms with Gasteiger partial charge in [-0.05, 0) is 33.3 Å². The van der Waals surface area contributed by atoms with Crippen LogP contribution in [0.15, 0.2) is 12.7 Å². The maximum atomic E-state index is 12.6. The smallest absolute Gasteiger partial charge is 0.348 e. The van der Waals surface area contributed by atoms with Crippen molar-refractivity contribution in [3.8, 4) is 0 Å². The molecule has 0 saturated carbocycles. The standard InChI is InChI=1S/C20H28N2O6S/c1-6-8-27-20(25)17-14(5)16(19(24)26-7-2)18(29-17)21-15(23)11-22-9-12(3)28-13(4)10-22/h6,12-13H,1,7-11H2,2-5H3,(H,21,23)/t12-,13-/m1/s1. The lowest BCUT2D eigenvalue weighted by atomic mass is 10.1. The van der Waals surface area contributed by atoms with Crippen molar-refractivity contribution in [1.82, 2.24) is 4.90 Å². The van der Waals surface area contributed by atoms with Crippen LogP contribution in [0.1, 0.15) is 46.4 Å². The average molecular weight is 425 g/mol. The lowest BCUT2D eigenvalue weighted by Crippen LogP contribution is -2.48. The fourth-order valence-electron chi connectivity index (χ4n) is 3.23. The summed E-state index contributed by atoms with van der Waals surface area (Å²) in [5.74, 6) is -1.44. The molecule has 0 aromatic carbocycles. The van der Waals surface area contributed by atoms with E-state index in [0.717, 1.165) is 11.3 Å². The summed E-state index contributed by atoms with van der Waals surface area (Å²) in [7, 11) is 0. The summed E-state index contributed by atoms with van der Waals surface area (Å²) in [5.41, 5.74) is 0.603. The van der Waals surface area contributed by atoms with E-state index in [0.29, 0.717) is 18.7 Å². The van der Waals surface area contributed by atoms with E-state index < -0.39 is 11.9 Å². The molecule has 1 aliphatic rings. The van der Waals surface area contributed by atoms with E-state index in [1.54, 1.807) is 13.8 Å². The molecule has 1 N–H and O–H groups in total. The predicted molar refractivity (Wildman–Crippen MR) is 111 cm³/mol. The molecule has 2 atom stereocenters. The predicted octanol–water partition coefficient (Wildman–Crippen LogP) is 2.62. The molecule has 1 fully saturated rings. The van der Waals surface area contributed by atoms with Gasteiger partial charge in [0.2, 0.25) is 5.91 Å². The van der Waals surface area contributed by atoms with Crippen LogP contribution in [0.4, 0.5) is 5.00 Å². The second-order valence-corrected chi connectivity index (χ2v) is 7.89. The van der Waals surface area contributed by atoms with Gasteiger partial charge in [0.1, 0.15) is 16.5 Å². The molecule has 0 spiro atoms. The van der Waals surface area contributed by atoms with Crippen molar-refractivity contribution in [2.24, 2.45) is 0 Å². The number of morpholine rings is 1. The lowest BCUT2D eigenvalue weighted by Gasteiger charge is -2.34. The van der Waals surface area contributed by atoms with E-state index in [-0.39, 0.29) is 53.3 Å². The zero-order valence-corrected chi connectivity index (χ0v) is 18.1. The van der Waals surface area contributed by atoms with Crippen LogP contribution in [0.2, 0.25) is 0 Å². The number of nitrogens with one attached hydrogen (secondary N) is 1. The van der Waals surface area contributed by atoms with Gasteiger partial charge in [0.05, 0.1) is 30.9 Å². The molecular formula is C20H28N2O6S. The highest BCUT2D eigenvalue weighted by atomic mass is 32.1. The van der Waals surface area contributed by atoms with Crippen LogP contribution in [-0.2, 0) is 19.0 Å². The Morgan fingerprint density at radius 3 is 2.48 bits per heavy atom. The highest BCUT2D eigenvalue weighted by Crippen LogP contribution is 2.34. The lowest BCUT2D eigenvalue weighted by molar-refractivity contribution is -0.121. The van der Waals surface area contributed by atoms with Crippen LogP contribution in [-0.4, -0.2) is 67.8 Å². The van der Waals surface area contributed by atoms with Gasteiger partial charge in [0, 0.05) is 13.1 Å². The van der Waals surface area contributed by atoms with E-state index in [1.807, 2.05) is 18.7 Å². The first-order valence-electron chi connectivity index (χ1n) is 9.52. The number of rotatable bonds is 8. The van der Waals surface area contributed by atoms with Gasteiger partial charge in [-0.15, -0.1) is 11.3 Å². The second-order valence-electron chi connectivity index (χ2n) is 6.87. The normalized spacial score (nSPS) is 19.4. The Morgan fingerprint density at radius 1 is 1.24 bits per heavy atom. The maximum Gasteiger partial charge on any atom is 0.348 e. The fraction of sp³-hybridized carbons (Fsp3) is 0.550. The number of amides is 1. The van der Waals surface area contributed by atoms with Gasteiger partial charge >= 0.3 is 11.9 Å². The summed E-state index contributed by atoms with van der Waals surface area (Å²) in [5, 5.41) is 3.05. The van der Waals surface area contributed by atoms with Crippen molar-refractivity contribution in [1.29, 1.82) is 0 Å². The first kappa shape index (κ1) is 23.1. The summed E-state index contributed by atoms with van der Waals surface area (Å²) < 4.78 is 15.9. The van der Waals surface area contributed by atoms with Gasteiger partial charge < -0.3 is 19.5 Å². The number of esters is 2. The third-order valence-corrected chi connectivity index (χ3v) is 5.45. The van der Waals surface area contributed by atoms with Crippen LogP contribution in [0.5, 0.6) is 0 Å². The van der Waals surface area contributed by atoms with E-state index in [2.05, 4.69) is 11.9 Å². The van der Waals surface area contributed by atoms with E-state index in [4.69, 9.17) is 14.2 Å². The molecule has 2 heterocycles. The van der Waals surface area contributed by atoms with Gasteiger partial charge in [-0.25, -0.2) is 9.59 Å². The molecule has 1 aliphatic heterocycles.